The van der Waals surface area contributed by atoms with Crippen LogP contribution in [0.5, 0.6) is 0 Å². The minimum Gasteiger partial charge on any atom is -0.373 e. The van der Waals surface area contributed by atoms with Crippen molar-refractivity contribution < 1.29 is 70.8 Å². The highest BCUT2D eigenvalue weighted by Crippen LogP contribution is 2.51. The third-order valence-electron chi connectivity index (χ3n) is 5.14. The highest BCUT2D eigenvalue weighted by molar-refractivity contribution is 7.47. The maximum atomic E-state index is 11.8. The summed E-state index contributed by atoms with van der Waals surface area (Å²) in [6.45, 7) is 5.82. The van der Waals surface area contributed by atoms with Gasteiger partial charge >= 0.3 is 23.5 Å². The van der Waals surface area contributed by atoms with Crippen LogP contribution >= 0.6 is 23.5 Å². The number of phosphoric ester groups is 3. The van der Waals surface area contributed by atoms with Gasteiger partial charge in [0.1, 0.15) is 36.6 Å². The molecule has 1 aliphatic carbocycles. The van der Waals surface area contributed by atoms with E-state index in [1.54, 1.807) is 0 Å². The molecule has 0 bridgehead atoms. The second-order valence-electron chi connectivity index (χ2n) is 8.25. The standard InChI is InChI=1S/C18H39O15P3/c1-4-7-10-28-13-14(29-11-8-5-2)16(31-34(19,20)21)18(33-36(25,26)27)17(32-35(22,23)24)15(13)30-12-9-6-3/h13-18H,4-12H2,1-3H3,(H2,19,20,21)(H2,22,23,24)(H2,25,26,27). The lowest BCUT2D eigenvalue weighted by atomic mass is 9.84. The number of ether oxygens (including phenoxy) is 3. The highest BCUT2D eigenvalue weighted by Gasteiger charge is 2.59. The fourth-order valence-electron chi connectivity index (χ4n) is 3.62. The molecule has 0 spiro atoms. The third-order valence-corrected chi connectivity index (χ3v) is 6.70. The van der Waals surface area contributed by atoms with E-state index >= 15 is 0 Å². The quantitative estimate of drug-likeness (QED) is 0.0994. The van der Waals surface area contributed by atoms with Crippen molar-refractivity contribution >= 4 is 23.5 Å². The molecule has 15 nitrogen and oxygen atoms in total. The SMILES string of the molecule is CCCCOC1C(OCCCC)C(OP(=O)(O)O)C(OP(=O)(O)O)C(OP(=O)(O)O)C1OCCCC. The van der Waals surface area contributed by atoms with E-state index in [9.17, 15) is 43.1 Å². The van der Waals surface area contributed by atoms with Crippen LogP contribution in [0, 0.1) is 0 Å². The molecule has 0 heterocycles. The normalized spacial score (nSPS) is 27.9. The summed E-state index contributed by atoms with van der Waals surface area (Å²) >= 11 is 0. The minimum absolute atomic E-state index is 0.0458. The van der Waals surface area contributed by atoms with Crippen molar-refractivity contribution in [3.63, 3.8) is 0 Å². The van der Waals surface area contributed by atoms with E-state index < -0.39 is 60.1 Å². The zero-order chi connectivity index (χ0) is 27.6. The molecule has 1 aliphatic rings. The smallest absolute Gasteiger partial charge is 0.373 e. The van der Waals surface area contributed by atoms with Crippen LogP contribution in [0.25, 0.3) is 0 Å². The van der Waals surface area contributed by atoms with Crippen LogP contribution in [0.3, 0.4) is 0 Å². The Hall–Kier alpha value is 0.210. The number of phosphoric acid groups is 3. The third kappa shape index (κ3) is 12.8. The van der Waals surface area contributed by atoms with Crippen LogP contribution in [-0.4, -0.2) is 85.8 Å². The van der Waals surface area contributed by atoms with Gasteiger partial charge in [-0.1, -0.05) is 40.0 Å². The van der Waals surface area contributed by atoms with Crippen molar-refractivity contribution in [1.82, 2.24) is 0 Å². The summed E-state index contributed by atoms with van der Waals surface area (Å²) in [6.07, 6.45) is -6.51. The summed E-state index contributed by atoms with van der Waals surface area (Å²) in [6, 6.07) is 0. The molecule has 4 atom stereocenters. The Morgan fingerprint density at radius 2 is 0.694 bits per heavy atom. The average molecular weight is 588 g/mol. The summed E-state index contributed by atoms with van der Waals surface area (Å²) in [5, 5.41) is 0. The van der Waals surface area contributed by atoms with Crippen molar-refractivity contribution in [3.05, 3.63) is 0 Å². The Morgan fingerprint density at radius 3 is 0.917 bits per heavy atom. The first-order chi connectivity index (χ1) is 16.6. The predicted molar refractivity (Wildman–Crippen MR) is 125 cm³/mol. The summed E-state index contributed by atoms with van der Waals surface area (Å²) in [5.74, 6) is 0. The molecular weight excluding hydrogens is 549 g/mol. The maximum absolute atomic E-state index is 11.8. The predicted octanol–water partition coefficient (Wildman–Crippen LogP) is 1.99. The van der Waals surface area contributed by atoms with Gasteiger partial charge in [0.05, 0.1) is 0 Å². The van der Waals surface area contributed by atoms with Crippen LogP contribution in [0.4, 0.5) is 0 Å². The van der Waals surface area contributed by atoms with E-state index in [0.717, 1.165) is 0 Å². The molecule has 18 heteroatoms. The summed E-state index contributed by atoms with van der Waals surface area (Å²) < 4.78 is 67.5. The van der Waals surface area contributed by atoms with Crippen molar-refractivity contribution in [2.24, 2.45) is 0 Å². The molecule has 216 valence electrons. The van der Waals surface area contributed by atoms with Crippen LogP contribution < -0.4 is 0 Å². The Balaban J connectivity index is 3.68. The van der Waals surface area contributed by atoms with Crippen LogP contribution in [0.1, 0.15) is 59.3 Å². The fourth-order valence-corrected chi connectivity index (χ4v) is 5.29. The first-order valence-corrected chi connectivity index (χ1v) is 16.3. The average Bonchev–Trinajstić information content (AvgIpc) is 2.72. The van der Waals surface area contributed by atoms with E-state index in [2.05, 4.69) is 0 Å². The van der Waals surface area contributed by atoms with E-state index in [4.69, 9.17) is 27.8 Å². The molecule has 1 fully saturated rings. The van der Waals surface area contributed by atoms with Crippen molar-refractivity contribution in [3.8, 4) is 0 Å². The Kier molecular flexibility index (Phi) is 14.9. The molecule has 0 aromatic heterocycles. The van der Waals surface area contributed by atoms with Crippen LogP contribution in [-0.2, 0) is 41.5 Å². The van der Waals surface area contributed by atoms with Crippen LogP contribution in [0.2, 0.25) is 0 Å². The summed E-state index contributed by atoms with van der Waals surface area (Å²) in [5.41, 5.74) is 0. The van der Waals surface area contributed by atoms with E-state index in [1.165, 1.54) is 0 Å². The topological polar surface area (TPSA) is 228 Å². The summed E-state index contributed by atoms with van der Waals surface area (Å²) in [7, 11) is -16.1. The zero-order valence-corrected chi connectivity index (χ0v) is 23.2. The molecule has 6 N–H and O–H groups in total. The monoisotopic (exact) mass is 588 g/mol. The van der Waals surface area contributed by atoms with Gasteiger partial charge in [0.25, 0.3) is 0 Å². The lowest BCUT2D eigenvalue weighted by Gasteiger charge is -2.49. The molecule has 1 rings (SSSR count). The lowest BCUT2D eigenvalue weighted by molar-refractivity contribution is -0.248. The first kappa shape index (κ1) is 34.2. The number of rotatable bonds is 18. The molecule has 0 saturated heterocycles. The molecule has 1 saturated carbocycles. The molecule has 36 heavy (non-hydrogen) atoms. The van der Waals surface area contributed by atoms with Gasteiger partial charge in [-0.05, 0) is 19.3 Å². The summed E-state index contributed by atoms with van der Waals surface area (Å²) in [4.78, 5) is 57.2. The van der Waals surface area contributed by atoms with Crippen LogP contribution in [0.15, 0.2) is 0 Å². The van der Waals surface area contributed by atoms with Crippen molar-refractivity contribution in [2.45, 2.75) is 95.9 Å². The fraction of sp³-hybridized carbons (Fsp3) is 1.00. The molecule has 4 unspecified atom stereocenters. The molecule has 0 amide bonds. The van der Waals surface area contributed by atoms with Gasteiger partial charge in [0, 0.05) is 19.8 Å². The molecule has 0 radical (unpaired) electrons. The van der Waals surface area contributed by atoms with Crippen molar-refractivity contribution in [2.75, 3.05) is 19.8 Å². The van der Waals surface area contributed by atoms with Gasteiger partial charge in [0.15, 0.2) is 0 Å². The molecule has 0 aromatic rings. The van der Waals surface area contributed by atoms with Gasteiger partial charge in [0.2, 0.25) is 0 Å². The Labute approximate surface area is 210 Å². The Bertz CT molecular complexity index is 719. The highest BCUT2D eigenvalue weighted by atomic mass is 31.2. The van der Waals surface area contributed by atoms with Gasteiger partial charge in [-0.2, -0.15) is 0 Å². The zero-order valence-electron chi connectivity index (χ0n) is 20.5. The van der Waals surface area contributed by atoms with Crippen molar-refractivity contribution in [1.29, 1.82) is 0 Å². The lowest BCUT2D eigenvalue weighted by Crippen LogP contribution is -2.67. The largest absolute Gasteiger partial charge is 0.470 e. The van der Waals surface area contributed by atoms with Gasteiger partial charge in [-0.25, -0.2) is 13.7 Å². The molecular formula is C18H39O15P3. The van der Waals surface area contributed by atoms with E-state index in [-0.39, 0.29) is 19.8 Å². The number of unbranched alkanes of at least 4 members (excludes halogenated alkanes) is 3. The molecule has 0 aromatic carbocycles. The second kappa shape index (κ2) is 15.7. The second-order valence-corrected chi connectivity index (χ2v) is 11.8. The van der Waals surface area contributed by atoms with Gasteiger partial charge in [-0.15, -0.1) is 0 Å². The Morgan fingerprint density at radius 1 is 0.472 bits per heavy atom. The van der Waals surface area contributed by atoms with Gasteiger partial charge < -0.3 is 43.6 Å². The molecule has 0 aliphatic heterocycles. The van der Waals surface area contributed by atoms with E-state index in [1.807, 2.05) is 20.8 Å². The first-order valence-electron chi connectivity index (χ1n) is 11.7. The number of hydrogen-bond donors (Lipinski definition) is 6. The minimum atomic E-state index is -5.42. The maximum Gasteiger partial charge on any atom is 0.470 e. The van der Waals surface area contributed by atoms with Gasteiger partial charge in [-0.3, -0.25) is 13.6 Å². The van der Waals surface area contributed by atoms with E-state index in [0.29, 0.717) is 38.5 Å². The number of hydrogen-bond acceptors (Lipinski definition) is 9.